The molecule has 0 saturated heterocycles. The van der Waals surface area contributed by atoms with Gasteiger partial charge in [-0.2, -0.15) is 0 Å². The minimum atomic E-state index is -0.148. The number of hydrogen-bond donors (Lipinski definition) is 1. The van der Waals surface area contributed by atoms with Crippen LogP contribution in [0.3, 0.4) is 0 Å². The van der Waals surface area contributed by atoms with Gasteiger partial charge in [0.2, 0.25) is 0 Å². The van der Waals surface area contributed by atoms with Crippen LogP contribution >= 0.6 is 11.3 Å². The third kappa shape index (κ3) is 4.47. The first-order valence-corrected chi connectivity index (χ1v) is 9.18. The topological polar surface area (TPSA) is 54.5 Å². The van der Waals surface area contributed by atoms with Gasteiger partial charge in [0.05, 0.1) is 23.4 Å². The molecule has 0 atom stereocenters. The number of rotatable bonds is 5. The fraction of sp³-hybridized carbons (Fsp3) is 0.444. The highest BCUT2D eigenvalue weighted by molar-refractivity contribution is 7.09. The monoisotopic (exact) mass is 345 g/mol. The van der Waals surface area contributed by atoms with Crippen molar-refractivity contribution in [1.29, 1.82) is 0 Å². The van der Waals surface area contributed by atoms with Crippen LogP contribution in [0, 0.1) is 6.92 Å². The Morgan fingerprint density at radius 2 is 2.04 bits per heavy atom. The van der Waals surface area contributed by atoms with Crippen LogP contribution < -0.4 is 10.1 Å². The van der Waals surface area contributed by atoms with E-state index < -0.39 is 0 Å². The van der Waals surface area contributed by atoms with Gasteiger partial charge < -0.3 is 15.0 Å². The van der Waals surface area contributed by atoms with E-state index in [-0.39, 0.29) is 6.03 Å². The van der Waals surface area contributed by atoms with E-state index >= 15 is 0 Å². The molecular weight excluding hydrogens is 322 g/mol. The lowest BCUT2D eigenvalue weighted by Crippen LogP contribution is -2.30. The zero-order valence-electron chi connectivity index (χ0n) is 14.1. The number of thiazole rings is 1. The number of carbonyl (C=O) groups is 1. The van der Waals surface area contributed by atoms with Crippen molar-refractivity contribution in [2.75, 3.05) is 12.4 Å². The Bertz CT molecular complexity index is 678. The van der Waals surface area contributed by atoms with Crippen LogP contribution in [-0.2, 0) is 6.54 Å². The highest BCUT2D eigenvalue weighted by Gasteiger charge is 2.16. The van der Waals surface area contributed by atoms with Crippen LogP contribution in [0.25, 0.3) is 0 Å². The molecule has 0 radical (unpaired) electrons. The average Bonchev–Trinajstić information content (AvgIpc) is 3.21. The van der Waals surface area contributed by atoms with E-state index in [2.05, 4.69) is 10.3 Å². The molecule has 1 aliphatic rings. The largest absolute Gasteiger partial charge is 0.490 e. The highest BCUT2D eigenvalue weighted by atomic mass is 32.1. The van der Waals surface area contributed by atoms with Gasteiger partial charge in [-0.15, -0.1) is 11.3 Å². The molecule has 1 aromatic carbocycles. The molecule has 1 fully saturated rings. The van der Waals surface area contributed by atoms with Gasteiger partial charge in [-0.25, -0.2) is 9.78 Å². The number of benzene rings is 1. The number of ether oxygens (including phenoxy) is 1. The van der Waals surface area contributed by atoms with E-state index in [0.29, 0.717) is 12.6 Å². The number of aromatic nitrogens is 1. The van der Waals surface area contributed by atoms with Crippen LogP contribution in [0.5, 0.6) is 5.75 Å². The van der Waals surface area contributed by atoms with Crippen molar-refractivity contribution in [2.45, 2.75) is 45.3 Å². The lowest BCUT2D eigenvalue weighted by Gasteiger charge is -2.17. The number of anilines is 1. The number of carbonyl (C=O) groups excluding carboxylic acids is 1. The minimum absolute atomic E-state index is 0.148. The Morgan fingerprint density at radius 1 is 1.33 bits per heavy atom. The number of amides is 2. The minimum Gasteiger partial charge on any atom is -0.490 e. The van der Waals surface area contributed by atoms with Gasteiger partial charge in [0.15, 0.2) is 0 Å². The van der Waals surface area contributed by atoms with E-state index in [4.69, 9.17) is 4.74 Å². The molecule has 1 aromatic heterocycles. The van der Waals surface area contributed by atoms with E-state index in [1.165, 1.54) is 12.8 Å². The predicted molar refractivity (Wildman–Crippen MR) is 96.7 cm³/mol. The van der Waals surface area contributed by atoms with Crippen molar-refractivity contribution >= 4 is 23.1 Å². The fourth-order valence-electron chi connectivity index (χ4n) is 2.83. The Kier molecular flexibility index (Phi) is 5.35. The Balaban J connectivity index is 1.51. The van der Waals surface area contributed by atoms with E-state index in [1.807, 2.05) is 36.6 Å². The van der Waals surface area contributed by atoms with Gasteiger partial charge in [0.1, 0.15) is 5.75 Å². The molecule has 1 saturated carbocycles. The van der Waals surface area contributed by atoms with Gasteiger partial charge >= 0.3 is 6.03 Å². The number of aryl methyl sites for hydroxylation is 1. The Labute approximate surface area is 146 Å². The number of nitrogens with zero attached hydrogens (tertiary/aromatic N) is 2. The normalized spacial score (nSPS) is 14.6. The van der Waals surface area contributed by atoms with Crippen molar-refractivity contribution in [3.05, 3.63) is 40.3 Å². The van der Waals surface area contributed by atoms with Gasteiger partial charge in [-0.05, 0) is 56.9 Å². The molecule has 5 nitrogen and oxygen atoms in total. The van der Waals surface area contributed by atoms with Crippen molar-refractivity contribution < 1.29 is 9.53 Å². The standard InChI is InChI=1S/C18H23N3O2S/c1-13-19-15(12-24-13)11-21(2)18(22)20-14-7-9-17(10-8-14)23-16-5-3-4-6-16/h7-10,12,16H,3-6,11H2,1-2H3,(H,20,22). The number of nitrogens with one attached hydrogen (secondary N) is 1. The highest BCUT2D eigenvalue weighted by Crippen LogP contribution is 2.25. The molecule has 0 unspecified atom stereocenters. The maximum absolute atomic E-state index is 12.2. The lowest BCUT2D eigenvalue weighted by molar-refractivity contribution is 0.210. The van der Waals surface area contributed by atoms with Crippen LogP contribution in [0.15, 0.2) is 29.6 Å². The first-order valence-electron chi connectivity index (χ1n) is 8.30. The lowest BCUT2D eigenvalue weighted by atomic mass is 10.2. The molecule has 1 heterocycles. The van der Waals surface area contributed by atoms with Gasteiger partial charge in [-0.1, -0.05) is 0 Å². The first kappa shape index (κ1) is 16.8. The number of urea groups is 1. The van der Waals surface area contributed by atoms with Gasteiger partial charge in [0, 0.05) is 18.1 Å². The third-order valence-electron chi connectivity index (χ3n) is 4.12. The SMILES string of the molecule is Cc1nc(CN(C)C(=O)Nc2ccc(OC3CCCC3)cc2)cs1. The summed E-state index contributed by atoms with van der Waals surface area (Å²) in [6, 6.07) is 7.44. The molecule has 1 aliphatic carbocycles. The van der Waals surface area contributed by atoms with Crippen molar-refractivity contribution in [1.82, 2.24) is 9.88 Å². The Hall–Kier alpha value is -2.08. The molecule has 2 aromatic rings. The molecule has 0 spiro atoms. The summed E-state index contributed by atoms with van der Waals surface area (Å²) in [6.07, 6.45) is 5.13. The summed E-state index contributed by atoms with van der Waals surface area (Å²) in [7, 11) is 1.77. The van der Waals surface area contributed by atoms with Crippen molar-refractivity contribution in [3.63, 3.8) is 0 Å². The predicted octanol–water partition coefficient (Wildman–Crippen LogP) is 4.44. The zero-order chi connectivity index (χ0) is 16.9. The second-order valence-electron chi connectivity index (χ2n) is 6.19. The molecular formula is C18H23N3O2S. The molecule has 2 amide bonds. The quantitative estimate of drug-likeness (QED) is 0.872. The number of hydrogen-bond acceptors (Lipinski definition) is 4. The molecule has 0 aliphatic heterocycles. The molecule has 1 N–H and O–H groups in total. The average molecular weight is 345 g/mol. The van der Waals surface area contributed by atoms with Gasteiger partial charge in [0.25, 0.3) is 0 Å². The fourth-order valence-corrected chi connectivity index (χ4v) is 3.43. The zero-order valence-corrected chi connectivity index (χ0v) is 14.9. The van der Waals surface area contributed by atoms with E-state index in [1.54, 1.807) is 23.3 Å². The van der Waals surface area contributed by atoms with Gasteiger partial charge in [-0.3, -0.25) is 0 Å². The van der Waals surface area contributed by atoms with Crippen LogP contribution in [0.1, 0.15) is 36.4 Å². The molecule has 128 valence electrons. The van der Waals surface area contributed by atoms with Crippen LogP contribution in [0.2, 0.25) is 0 Å². The van der Waals surface area contributed by atoms with Crippen LogP contribution in [0.4, 0.5) is 10.5 Å². The second-order valence-corrected chi connectivity index (χ2v) is 7.25. The maximum Gasteiger partial charge on any atom is 0.321 e. The summed E-state index contributed by atoms with van der Waals surface area (Å²) in [5, 5.41) is 5.89. The second kappa shape index (κ2) is 7.66. The van der Waals surface area contributed by atoms with Crippen molar-refractivity contribution in [3.8, 4) is 5.75 Å². The summed E-state index contributed by atoms with van der Waals surface area (Å²) in [5.74, 6) is 0.867. The molecule has 6 heteroatoms. The smallest absolute Gasteiger partial charge is 0.321 e. The Morgan fingerprint density at radius 3 is 2.67 bits per heavy atom. The van der Waals surface area contributed by atoms with E-state index in [9.17, 15) is 4.79 Å². The summed E-state index contributed by atoms with van der Waals surface area (Å²) in [6.45, 7) is 2.46. The summed E-state index contributed by atoms with van der Waals surface area (Å²) in [4.78, 5) is 18.2. The molecule has 24 heavy (non-hydrogen) atoms. The first-order chi connectivity index (χ1) is 11.6. The molecule has 0 bridgehead atoms. The maximum atomic E-state index is 12.2. The van der Waals surface area contributed by atoms with Crippen molar-refractivity contribution in [2.24, 2.45) is 0 Å². The van der Waals surface area contributed by atoms with E-state index in [0.717, 1.165) is 35.0 Å². The molecule has 3 rings (SSSR count). The summed E-state index contributed by atoms with van der Waals surface area (Å²) in [5.41, 5.74) is 1.68. The summed E-state index contributed by atoms with van der Waals surface area (Å²) < 4.78 is 5.93. The third-order valence-corrected chi connectivity index (χ3v) is 4.95. The summed E-state index contributed by atoms with van der Waals surface area (Å²) >= 11 is 1.59. The van der Waals surface area contributed by atoms with Crippen LogP contribution in [-0.4, -0.2) is 29.1 Å².